The summed E-state index contributed by atoms with van der Waals surface area (Å²) in [6, 6.07) is 6.32. The van der Waals surface area contributed by atoms with Crippen LogP contribution in [0, 0.1) is 6.92 Å². The molecule has 1 aromatic carbocycles. The Bertz CT molecular complexity index is 887. The number of thiazole rings is 1. The molecular formula is C13H10N4S3. The maximum absolute atomic E-state index is 4.66. The number of aryl methyl sites for hydroxylation is 1. The van der Waals surface area contributed by atoms with Gasteiger partial charge >= 0.3 is 0 Å². The quantitative estimate of drug-likeness (QED) is 0.522. The van der Waals surface area contributed by atoms with Crippen LogP contribution in [0.5, 0.6) is 0 Å². The van der Waals surface area contributed by atoms with Gasteiger partial charge in [-0.3, -0.25) is 0 Å². The van der Waals surface area contributed by atoms with Gasteiger partial charge in [0.25, 0.3) is 0 Å². The molecule has 100 valence electrons. The van der Waals surface area contributed by atoms with Crippen LogP contribution in [0.1, 0.15) is 5.56 Å². The molecule has 0 aliphatic carbocycles. The molecule has 0 saturated heterocycles. The first-order chi connectivity index (χ1) is 9.72. The summed E-state index contributed by atoms with van der Waals surface area (Å²) in [5.41, 5.74) is 3.18. The minimum Gasteiger partial charge on any atom is -0.234 e. The molecule has 3 heterocycles. The van der Waals surface area contributed by atoms with Gasteiger partial charge in [-0.25, -0.2) is 14.5 Å². The predicted molar refractivity (Wildman–Crippen MR) is 86.0 cm³/mol. The molecule has 0 unspecified atom stereocenters. The van der Waals surface area contributed by atoms with Gasteiger partial charge in [0, 0.05) is 0 Å². The van der Waals surface area contributed by atoms with Crippen LogP contribution in [0.4, 0.5) is 0 Å². The molecule has 0 amide bonds. The van der Waals surface area contributed by atoms with Crippen molar-refractivity contribution in [1.29, 1.82) is 0 Å². The zero-order valence-electron chi connectivity index (χ0n) is 10.8. The van der Waals surface area contributed by atoms with E-state index in [-0.39, 0.29) is 0 Å². The van der Waals surface area contributed by atoms with Crippen LogP contribution in [-0.4, -0.2) is 25.8 Å². The molecule has 0 radical (unpaired) electrons. The van der Waals surface area contributed by atoms with Crippen LogP contribution >= 0.6 is 34.4 Å². The lowest BCUT2D eigenvalue weighted by molar-refractivity contribution is 0.916. The van der Waals surface area contributed by atoms with Crippen molar-refractivity contribution in [2.75, 3.05) is 6.26 Å². The summed E-state index contributed by atoms with van der Waals surface area (Å²) in [5.74, 6) is 0. The lowest BCUT2D eigenvalue weighted by Gasteiger charge is -1.88. The van der Waals surface area contributed by atoms with Gasteiger partial charge in [-0.15, -0.1) is 16.4 Å². The summed E-state index contributed by atoms with van der Waals surface area (Å²) in [6.45, 7) is 2.10. The molecule has 20 heavy (non-hydrogen) atoms. The molecule has 4 nitrogen and oxygen atoms in total. The number of benzene rings is 1. The molecule has 0 fully saturated rings. The first kappa shape index (κ1) is 12.3. The van der Waals surface area contributed by atoms with Crippen molar-refractivity contribution in [3.8, 4) is 10.7 Å². The number of aromatic nitrogens is 4. The third-order valence-corrected chi connectivity index (χ3v) is 5.90. The summed E-state index contributed by atoms with van der Waals surface area (Å²) in [4.78, 5) is 10.2. The highest BCUT2D eigenvalue weighted by molar-refractivity contribution is 8.00. The summed E-state index contributed by atoms with van der Waals surface area (Å²) in [6.07, 6.45) is 3.98. The lowest BCUT2D eigenvalue weighted by Crippen LogP contribution is -1.79. The Morgan fingerprint density at radius 1 is 1.20 bits per heavy atom. The Hall–Kier alpha value is -1.44. The van der Waals surface area contributed by atoms with Gasteiger partial charge in [-0.1, -0.05) is 29.2 Å². The Balaban J connectivity index is 1.84. The summed E-state index contributed by atoms with van der Waals surface area (Å²) in [5, 5.41) is 5.41. The number of hydrogen-bond donors (Lipinski definition) is 0. The van der Waals surface area contributed by atoms with Crippen LogP contribution < -0.4 is 0 Å². The minimum absolute atomic E-state index is 0.898. The van der Waals surface area contributed by atoms with Crippen LogP contribution in [0.3, 0.4) is 0 Å². The van der Waals surface area contributed by atoms with Crippen LogP contribution in [0.15, 0.2) is 28.7 Å². The van der Waals surface area contributed by atoms with Gasteiger partial charge < -0.3 is 0 Å². The topological polar surface area (TPSA) is 43.1 Å². The van der Waals surface area contributed by atoms with E-state index >= 15 is 0 Å². The van der Waals surface area contributed by atoms with Gasteiger partial charge in [-0.2, -0.15) is 0 Å². The highest BCUT2D eigenvalue weighted by Gasteiger charge is 2.13. The summed E-state index contributed by atoms with van der Waals surface area (Å²) in [7, 11) is 0. The van der Waals surface area contributed by atoms with Crippen molar-refractivity contribution in [2.45, 2.75) is 11.3 Å². The first-order valence-corrected chi connectivity index (χ1v) is 8.86. The fraction of sp³-hybridized carbons (Fsp3) is 0.154. The second kappa shape index (κ2) is 4.54. The zero-order valence-corrected chi connectivity index (χ0v) is 13.3. The number of fused-ring (bicyclic) bond motifs is 2. The third kappa shape index (κ3) is 1.93. The van der Waals surface area contributed by atoms with E-state index in [0.717, 1.165) is 25.5 Å². The number of rotatable bonds is 2. The number of nitrogens with zero attached hydrogens (tertiary/aromatic N) is 4. The Labute approximate surface area is 127 Å². The van der Waals surface area contributed by atoms with Gasteiger partial charge in [0.1, 0.15) is 10.7 Å². The lowest BCUT2D eigenvalue weighted by atomic mass is 10.2. The highest BCUT2D eigenvalue weighted by Crippen LogP contribution is 2.31. The molecule has 4 rings (SSSR count). The van der Waals surface area contributed by atoms with Crippen molar-refractivity contribution in [2.24, 2.45) is 0 Å². The average Bonchev–Trinajstić information content (AvgIpc) is 3.08. The van der Waals surface area contributed by atoms with Gasteiger partial charge in [0.05, 0.1) is 16.4 Å². The predicted octanol–water partition coefficient (Wildman–Crippen LogP) is 4.10. The van der Waals surface area contributed by atoms with Crippen molar-refractivity contribution >= 4 is 49.6 Å². The summed E-state index contributed by atoms with van der Waals surface area (Å²) < 4.78 is 4.07. The number of thioether (sulfide) groups is 1. The smallest absolute Gasteiger partial charge is 0.213 e. The van der Waals surface area contributed by atoms with Crippen LogP contribution in [-0.2, 0) is 0 Å². The molecule has 4 aromatic rings. The maximum Gasteiger partial charge on any atom is 0.213 e. The second-order valence-corrected chi connectivity index (χ2v) is 7.46. The Kier molecular flexibility index (Phi) is 2.80. The van der Waals surface area contributed by atoms with E-state index in [0.29, 0.717) is 0 Å². The normalized spacial score (nSPS) is 11.7. The van der Waals surface area contributed by atoms with Crippen molar-refractivity contribution in [3.05, 3.63) is 30.0 Å². The number of hydrogen-bond acceptors (Lipinski definition) is 6. The van der Waals surface area contributed by atoms with E-state index in [4.69, 9.17) is 0 Å². The Morgan fingerprint density at radius 2 is 2.10 bits per heavy atom. The molecule has 0 atom stereocenters. The fourth-order valence-corrected chi connectivity index (χ4v) is 4.37. The third-order valence-electron chi connectivity index (χ3n) is 2.96. The van der Waals surface area contributed by atoms with Crippen molar-refractivity contribution in [1.82, 2.24) is 19.6 Å². The largest absolute Gasteiger partial charge is 0.234 e. The van der Waals surface area contributed by atoms with Crippen LogP contribution in [0.2, 0.25) is 0 Å². The molecule has 0 aliphatic rings. The maximum atomic E-state index is 4.66. The minimum atomic E-state index is 0.898. The average molecular weight is 318 g/mol. The summed E-state index contributed by atoms with van der Waals surface area (Å²) >= 11 is 4.92. The highest BCUT2D eigenvalue weighted by atomic mass is 32.2. The van der Waals surface area contributed by atoms with E-state index in [9.17, 15) is 0 Å². The van der Waals surface area contributed by atoms with E-state index in [1.54, 1.807) is 34.4 Å². The second-order valence-electron chi connectivity index (χ2n) is 4.42. The Morgan fingerprint density at radius 3 is 2.90 bits per heavy atom. The van der Waals surface area contributed by atoms with Crippen molar-refractivity contribution < 1.29 is 0 Å². The molecule has 0 bridgehead atoms. The van der Waals surface area contributed by atoms with E-state index < -0.39 is 0 Å². The molecule has 3 aromatic heterocycles. The molecular weight excluding hydrogens is 308 g/mol. The van der Waals surface area contributed by atoms with E-state index in [1.807, 2.05) is 17.0 Å². The first-order valence-electron chi connectivity index (χ1n) is 6.01. The fourth-order valence-electron chi connectivity index (χ4n) is 2.01. The molecule has 0 N–H and O–H groups in total. The molecule has 0 spiro atoms. The zero-order chi connectivity index (χ0) is 13.7. The van der Waals surface area contributed by atoms with Gasteiger partial charge in [0.15, 0.2) is 4.34 Å². The van der Waals surface area contributed by atoms with Crippen LogP contribution in [0.25, 0.3) is 25.9 Å². The number of imidazole rings is 1. The van der Waals surface area contributed by atoms with E-state index in [2.05, 4.69) is 40.2 Å². The molecule has 7 heteroatoms. The molecule has 0 saturated carbocycles. The SMILES string of the molecule is CSc1nn2cc(-c3nc4ccc(C)cc4s3)nc2s1. The van der Waals surface area contributed by atoms with E-state index in [1.165, 1.54) is 10.3 Å². The molecule has 0 aliphatic heterocycles. The van der Waals surface area contributed by atoms with Crippen molar-refractivity contribution in [3.63, 3.8) is 0 Å². The standard InChI is InChI=1S/C13H10N4S3/c1-7-3-4-8-10(5-7)19-11(14-8)9-6-17-12(15-9)20-13(16-17)18-2/h3-6H,1-2H3. The van der Waals surface area contributed by atoms with Gasteiger partial charge in [-0.05, 0) is 30.9 Å². The monoisotopic (exact) mass is 318 g/mol. The van der Waals surface area contributed by atoms with Gasteiger partial charge in [0.2, 0.25) is 4.96 Å².